The van der Waals surface area contributed by atoms with Gasteiger partial charge >= 0.3 is 17.3 Å². The molecule has 53 heavy (non-hydrogen) atoms. The first-order valence-corrected chi connectivity index (χ1v) is 17.1. The number of carbonyl (C=O) groups is 1. The highest BCUT2D eigenvalue weighted by atomic mass is 19.1. The van der Waals surface area contributed by atoms with Gasteiger partial charge in [0.25, 0.3) is 0 Å². The predicted molar refractivity (Wildman–Crippen MR) is 192 cm³/mol. The third-order valence-corrected chi connectivity index (χ3v) is 9.09. The van der Waals surface area contributed by atoms with Crippen molar-refractivity contribution in [2.24, 2.45) is 0 Å². The molecule has 2 atom stereocenters. The SMILES string of the molecule is COc1cccc(F)c1-c1c(F)cc2c(N3C[C@@H](C)N(C(=O)OC(C)(C)C)C[C@@H]3CO)c([N+](=O)[O-])c(=O)n(-c3c(C(C)C)ncnc3C(C)C)c2c1F. The number of fused-ring (bicyclic) bond motifs is 1. The number of aliphatic hydroxyl groups excluding tert-OH is 1. The lowest BCUT2D eigenvalue weighted by Crippen LogP contribution is -2.61. The maximum Gasteiger partial charge on any atom is 0.410 e. The molecule has 0 radical (unpaired) electrons. The van der Waals surface area contributed by atoms with Gasteiger partial charge in [0.2, 0.25) is 0 Å². The molecule has 1 aliphatic heterocycles. The molecular weight excluding hydrogens is 697 g/mol. The fourth-order valence-corrected chi connectivity index (χ4v) is 6.78. The van der Waals surface area contributed by atoms with E-state index in [-0.39, 0.29) is 35.9 Å². The number of halogens is 3. The van der Waals surface area contributed by atoms with Crippen LogP contribution in [0, 0.1) is 27.6 Å². The summed E-state index contributed by atoms with van der Waals surface area (Å²) in [7, 11) is 1.20. The van der Waals surface area contributed by atoms with Crippen LogP contribution in [0.2, 0.25) is 0 Å². The van der Waals surface area contributed by atoms with Crippen LogP contribution in [0.3, 0.4) is 0 Å². The third kappa shape index (κ3) is 6.99. The second kappa shape index (κ2) is 14.6. The fraction of sp³-hybridized carbons (Fsp3) is 0.459. The predicted octanol–water partition coefficient (Wildman–Crippen LogP) is 6.84. The van der Waals surface area contributed by atoms with Crippen LogP contribution in [0.4, 0.5) is 29.3 Å². The Labute approximate surface area is 304 Å². The van der Waals surface area contributed by atoms with Crippen molar-refractivity contribution >= 4 is 28.4 Å². The Morgan fingerprint density at radius 1 is 1.04 bits per heavy atom. The maximum absolute atomic E-state index is 17.6. The van der Waals surface area contributed by atoms with E-state index in [1.165, 1.54) is 35.4 Å². The van der Waals surface area contributed by atoms with Gasteiger partial charge in [-0.05, 0) is 57.7 Å². The van der Waals surface area contributed by atoms with Gasteiger partial charge in [-0.25, -0.2) is 27.9 Å². The summed E-state index contributed by atoms with van der Waals surface area (Å²) in [5, 5.41) is 23.3. The molecule has 284 valence electrons. The Morgan fingerprint density at radius 2 is 1.66 bits per heavy atom. The highest BCUT2D eigenvalue weighted by molar-refractivity contribution is 6.01. The molecule has 0 unspecified atom stereocenters. The topological polar surface area (TPSA) is 153 Å². The average molecular weight is 741 g/mol. The van der Waals surface area contributed by atoms with Crippen LogP contribution < -0.4 is 15.2 Å². The molecule has 16 heteroatoms. The van der Waals surface area contributed by atoms with E-state index >= 15 is 13.2 Å². The molecule has 2 aromatic heterocycles. The van der Waals surface area contributed by atoms with Gasteiger partial charge in [-0.1, -0.05) is 33.8 Å². The molecule has 3 heterocycles. The molecule has 1 aliphatic rings. The lowest BCUT2D eigenvalue weighted by molar-refractivity contribution is -0.385. The number of hydrogen-bond donors (Lipinski definition) is 1. The average Bonchev–Trinajstić information content (AvgIpc) is 3.07. The molecule has 1 N–H and O–H groups in total. The molecule has 4 aromatic rings. The van der Waals surface area contributed by atoms with E-state index in [9.17, 15) is 24.8 Å². The molecule has 0 saturated carbocycles. The summed E-state index contributed by atoms with van der Waals surface area (Å²) in [6, 6.07) is 2.60. The number of aliphatic hydroxyl groups is 1. The van der Waals surface area contributed by atoms with Crippen LogP contribution in [0.5, 0.6) is 5.75 Å². The number of pyridine rings is 1. The molecule has 5 rings (SSSR count). The largest absolute Gasteiger partial charge is 0.496 e. The molecule has 1 saturated heterocycles. The number of nitrogens with zero attached hydrogens (tertiary/aromatic N) is 6. The summed E-state index contributed by atoms with van der Waals surface area (Å²) in [6.45, 7) is 12.6. The van der Waals surface area contributed by atoms with E-state index in [4.69, 9.17) is 9.47 Å². The fourth-order valence-electron chi connectivity index (χ4n) is 6.78. The van der Waals surface area contributed by atoms with Gasteiger partial charge in [0.05, 0.1) is 58.4 Å². The van der Waals surface area contributed by atoms with Crippen LogP contribution in [-0.4, -0.2) is 80.0 Å². The van der Waals surface area contributed by atoms with Crippen molar-refractivity contribution in [3.05, 3.63) is 79.9 Å². The minimum atomic E-state index is -1.41. The number of piperazine rings is 1. The summed E-state index contributed by atoms with van der Waals surface area (Å²) in [5.41, 5.74) is -5.31. The Bertz CT molecular complexity index is 2120. The molecule has 0 spiro atoms. The quantitative estimate of drug-likeness (QED) is 0.150. The van der Waals surface area contributed by atoms with Gasteiger partial charge in [-0.3, -0.25) is 19.5 Å². The normalized spacial score (nSPS) is 16.5. The number of nitro groups is 1. The van der Waals surface area contributed by atoms with Crippen LogP contribution in [-0.2, 0) is 4.74 Å². The van der Waals surface area contributed by atoms with E-state index < -0.39 is 104 Å². The van der Waals surface area contributed by atoms with Crippen molar-refractivity contribution in [3.8, 4) is 22.6 Å². The lowest BCUT2D eigenvalue weighted by Gasteiger charge is -2.45. The number of anilines is 1. The molecular formula is C37H43F3N6O7. The van der Waals surface area contributed by atoms with Gasteiger partial charge in [0, 0.05) is 24.5 Å². The van der Waals surface area contributed by atoms with Crippen molar-refractivity contribution in [2.45, 2.75) is 84.9 Å². The summed E-state index contributed by atoms with van der Waals surface area (Å²) in [5.74, 6) is -4.79. The minimum absolute atomic E-state index is 0.0408. The van der Waals surface area contributed by atoms with Gasteiger partial charge in [0.1, 0.15) is 35.0 Å². The molecule has 0 bridgehead atoms. The van der Waals surface area contributed by atoms with E-state index in [2.05, 4.69) is 9.97 Å². The Hall–Kier alpha value is -5.25. The smallest absolute Gasteiger partial charge is 0.410 e. The molecule has 13 nitrogen and oxygen atoms in total. The summed E-state index contributed by atoms with van der Waals surface area (Å²) in [6.07, 6.45) is 0.567. The van der Waals surface area contributed by atoms with E-state index in [0.717, 1.165) is 16.7 Å². The van der Waals surface area contributed by atoms with Crippen LogP contribution in [0.25, 0.3) is 27.7 Å². The maximum atomic E-state index is 17.6. The van der Waals surface area contributed by atoms with Crippen LogP contribution >= 0.6 is 0 Å². The van der Waals surface area contributed by atoms with Crippen molar-refractivity contribution in [1.82, 2.24) is 19.4 Å². The highest BCUT2D eigenvalue weighted by Gasteiger charge is 2.42. The summed E-state index contributed by atoms with van der Waals surface area (Å²) in [4.78, 5) is 51.6. The van der Waals surface area contributed by atoms with Crippen LogP contribution in [0.15, 0.2) is 35.4 Å². The highest BCUT2D eigenvalue weighted by Crippen LogP contribution is 2.45. The molecule has 1 amide bonds. The van der Waals surface area contributed by atoms with Gasteiger partial charge in [-0.15, -0.1) is 0 Å². The van der Waals surface area contributed by atoms with Crippen molar-refractivity contribution in [3.63, 3.8) is 0 Å². The number of rotatable bonds is 8. The number of ether oxygens (including phenoxy) is 2. The monoisotopic (exact) mass is 740 g/mol. The van der Waals surface area contributed by atoms with Crippen molar-refractivity contribution < 1.29 is 37.5 Å². The van der Waals surface area contributed by atoms with Crippen molar-refractivity contribution in [2.75, 3.05) is 31.7 Å². The molecule has 2 aromatic carbocycles. The number of aromatic nitrogens is 3. The Kier molecular flexibility index (Phi) is 10.8. The first kappa shape index (κ1) is 39.0. The van der Waals surface area contributed by atoms with Gasteiger partial charge < -0.3 is 24.4 Å². The second-order valence-electron chi connectivity index (χ2n) is 14.6. The summed E-state index contributed by atoms with van der Waals surface area (Å²) < 4.78 is 61.3. The van der Waals surface area contributed by atoms with E-state index in [1.807, 2.05) is 0 Å². The van der Waals surface area contributed by atoms with Crippen LogP contribution in [0.1, 0.15) is 78.6 Å². The Balaban J connectivity index is 1.98. The van der Waals surface area contributed by atoms with Crippen molar-refractivity contribution in [1.29, 1.82) is 0 Å². The molecule has 0 aliphatic carbocycles. The second-order valence-corrected chi connectivity index (χ2v) is 14.6. The van der Waals surface area contributed by atoms with Gasteiger partial charge in [0.15, 0.2) is 5.82 Å². The molecule has 1 fully saturated rings. The number of amides is 1. The number of hydrogen-bond acceptors (Lipinski definition) is 10. The zero-order valence-corrected chi connectivity index (χ0v) is 31.0. The Morgan fingerprint density at radius 3 is 2.19 bits per heavy atom. The summed E-state index contributed by atoms with van der Waals surface area (Å²) >= 11 is 0. The lowest BCUT2D eigenvalue weighted by atomic mass is 9.96. The first-order chi connectivity index (χ1) is 24.8. The zero-order valence-electron chi connectivity index (χ0n) is 31.0. The number of carbonyl (C=O) groups excluding carboxylic acids is 1. The number of benzene rings is 2. The van der Waals surface area contributed by atoms with E-state index in [1.54, 1.807) is 55.4 Å². The third-order valence-electron chi connectivity index (χ3n) is 9.09. The zero-order chi connectivity index (χ0) is 39.3. The first-order valence-electron chi connectivity index (χ1n) is 17.1. The van der Waals surface area contributed by atoms with Gasteiger partial charge in [-0.2, -0.15) is 0 Å². The standard InChI is InChI=1S/C37H43F3N6O7/c1-18(2)29-33(30(19(3)4)42-17-41-29)45-31-22(13-24(39)27(28(31)40)26-23(38)11-10-12-25(26)52-9)32(34(35(45)48)46(50)51)44-14-20(5)43(15-21(44)16-47)36(49)53-37(6,7)8/h10-13,17-21,47H,14-16H2,1-9H3/t20-,21-/m1/s1. The number of methoxy groups -OCH3 is 1. The van der Waals surface area contributed by atoms with E-state index in [0.29, 0.717) is 0 Å². The minimum Gasteiger partial charge on any atom is -0.496 e.